The molecule has 3 rings (SSSR count). The number of hydrogen-bond donors (Lipinski definition) is 1. The van der Waals surface area contributed by atoms with Gasteiger partial charge in [0.15, 0.2) is 0 Å². The molecule has 0 radical (unpaired) electrons. The Morgan fingerprint density at radius 2 is 2.17 bits per heavy atom. The Labute approximate surface area is 108 Å². The Balaban J connectivity index is 1.53. The topological polar surface area (TPSA) is 49.4 Å². The number of rotatable bonds is 2. The molecule has 2 bridgehead atoms. The normalized spacial score (nSPS) is 35.4. The van der Waals surface area contributed by atoms with Gasteiger partial charge >= 0.3 is 0 Å². The van der Waals surface area contributed by atoms with E-state index in [1.165, 1.54) is 25.7 Å². The molecule has 1 aliphatic heterocycles. The molecule has 0 spiro atoms. The number of carbonyl (C=O) groups excluding carboxylic acids is 2. The number of nitrogens with zero attached hydrogens (tertiary/aromatic N) is 1. The van der Waals surface area contributed by atoms with Crippen LogP contribution >= 0.6 is 0 Å². The number of carbonyl (C=O) groups is 2. The van der Waals surface area contributed by atoms with Gasteiger partial charge < -0.3 is 10.2 Å². The average molecular weight is 250 g/mol. The van der Waals surface area contributed by atoms with Crippen LogP contribution in [0.2, 0.25) is 0 Å². The Bertz CT molecular complexity index is 356. The minimum absolute atomic E-state index is 0.0743. The van der Waals surface area contributed by atoms with Crippen molar-refractivity contribution in [3.63, 3.8) is 0 Å². The summed E-state index contributed by atoms with van der Waals surface area (Å²) >= 11 is 0. The van der Waals surface area contributed by atoms with E-state index in [2.05, 4.69) is 5.32 Å². The summed E-state index contributed by atoms with van der Waals surface area (Å²) in [5.74, 6) is 2.68. The van der Waals surface area contributed by atoms with Gasteiger partial charge in [-0.25, -0.2) is 0 Å². The zero-order valence-electron chi connectivity index (χ0n) is 10.9. The maximum atomic E-state index is 12.3. The molecule has 100 valence electrons. The summed E-state index contributed by atoms with van der Waals surface area (Å²) in [7, 11) is 0. The summed E-state index contributed by atoms with van der Waals surface area (Å²) in [6.45, 7) is 1.90. The van der Waals surface area contributed by atoms with E-state index in [-0.39, 0.29) is 11.8 Å². The molecule has 1 heterocycles. The van der Waals surface area contributed by atoms with Gasteiger partial charge in [0.2, 0.25) is 11.8 Å². The summed E-state index contributed by atoms with van der Waals surface area (Å²) in [6.07, 6.45) is 6.53. The van der Waals surface area contributed by atoms with Crippen molar-refractivity contribution in [2.75, 3.05) is 19.6 Å². The molecule has 2 amide bonds. The third-order valence-corrected chi connectivity index (χ3v) is 4.99. The molecule has 0 aromatic carbocycles. The van der Waals surface area contributed by atoms with Gasteiger partial charge in [0.1, 0.15) is 0 Å². The fourth-order valence-corrected chi connectivity index (χ4v) is 4.00. The van der Waals surface area contributed by atoms with Crippen molar-refractivity contribution in [3.8, 4) is 0 Å². The average Bonchev–Trinajstić information content (AvgIpc) is 2.88. The lowest BCUT2D eigenvalue weighted by Gasteiger charge is -2.25. The van der Waals surface area contributed by atoms with Gasteiger partial charge in [-0.15, -0.1) is 0 Å². The number of hydrogen-bond acceptors (Lipinski definition) is 2. The van der Waals surface area contributed by atoms with Gasteiger partial charge in [-0.1, -0.05) is 6.42 Å². The zero-order chi connectivity index (χ0) is 12.5. The second-order valence-corrected chi connectivity index (χ2v) is 6.12. The van der Waals surface area contributed by atoms with Crippen molar-refractivity contribution in [3.05, 3.63) is 0 Å². The largest absolute Gasteiger partial charge is 0.354 e. The van der Waals surface area contributed by atoms with E-state index in [1.54, 1.807) is 0 Å². The third-order valence-electron chi connectivity index (χ3n) is 4.99. The Kier molecular flexibility index (Phi) is 3.27. The minimum atomic E-state index is 0.0743. The number of fused-ring (bicyclic) bond motifs is 2. The highest BCUT2D eigenvalue weighted by Gasteiger charge is 2.40. The zero-order valence-corrected chi connectivity index (χ0v) is 10.9. The molecule has 18 heavy (non-hydrogen) atoms. The first-order valence-corrected chi connectivity index (χ1v) is 7.27. The lowest BCUT2D eigenvalue weighted by atomic mass is 9.86. The van der Waals surface area contributed by atoms with E-state index in [0.717, 1.165) is 18.3 Å². The molecule has 4 heteroatoms. The lowest BCUT2D eigenvalue weighted by molar-refractivity contribution is -0.132. The van der Waals surface area contributed by atoms with Crippen LogP contribution in [0, 0.1) is 17.8 Å². The Morgan fingerprint density at radius 3 is 2.89 bits per heavy atom. The second kappa shape index (κ2) is 4.90. The first-order chi connectivity index (χ1) is 8.72. The molecule has 3 fully saturated rings. The molecule has 0 aromatic heterocycles. The first kappa shape index (κ1) is 12.0. The van der Waals surface area contributed by atoms with Crippen molar-refractivity contribution in [2.24, 2.45) is 17.8 Å². The maximum Gasteiger partial charge on any atom is 0.222 e. The molecule has 1 N–H and O–H groups in total. The van der Waals surface area contributed by atoms with Crippen LogP contribution in [-0.2, 0) is 9.59 Å². The second-order valence-electron chi connectivity index (χ2n) is 6.12. The van der Waals surface area contributed by atoms with Gasteiger partial charge in [-0.3, -0.25) is 9.59 Å². The quantitative estimate of drug-likeness (QED) is 0.799. The standard InChI is InChI=1S/C14H22N2O2/c17-13-3-5-16(6-4-15-13)14(18)9-12-8-10-1-2-11(12)7-10/h10-12H,1-9H2,(H,15,17). The smallest absolute Gasteiger partial charge is 0.222 e. The Hall–Kier alpha value is -1.06. The van der Waals surface area contributed by atoms with E-state index in [0.29, 0.717) is 32.0 Å². The number of nitrogens with one attached hydrogen (secondary N) is 1. The summed E-state index contributed by atoms with van der Waals surface area (Å²) in [5.41, 5.74) is 0. The van der Waals surface area contributed by atoms with Crippen molar-refractivity contribution in [2.45, 2.75) is 38.5 Å². The predicted molar refractivity (Wildman–Crippen MR) is 67.8 cm³/mol. The third kappa shape index (κ3) is 2.38. The van der Waals surface area contributed by atoms with E-state index < -0.39 is 0 Å². The van der Waals surface area contributed by atoms with Crippen LogP contribution < -0.4 is 5.32 Å². The summed E-state index contributed by atoms with van der Waals surface area (Å²) < 4.78 is 0. The highest BCUT2D eigenvalue weighted by atomic mass is 16.2. The van der Waals surface area contributed by atoms with Crippen LogP contribution in [0.3, 0.4) is 0 Å². The monoisotopic (exact) mass is 250 g/mol. The van der Waals surface area contributed by atoms with E-state index in [4.69, 9.17) is 0 Å². The van der Waals surface area contributed by atoms with Gasteiger partial charge in [0.25, 0.3) is 0 Å². The van der Waals surface area contributed by atoms with E-state index in [1.807, 2.05) is 4.90 Å². The summed E-state index contributed by atoms with van der Waals surface area (Å²) in [6, 6.07) is 0. The molecule has 2 aliphatic carbocycles. The summed E-state index contributed by atoms with van der Waals surface area (Å²) in [5, 5.41) is 2.82. The predicted octanol–water partition coefficient (Wildman–Crippen LogP) is 1.16. The molecule has 0 aromatic rings. The molecule has 2 saturated carbocycles. The minimum Gasteiger partial charge on any atom is -0.354 e. The van der Waals surface area contributed by atoms with Gasteiger partial charge in [0, 0.05) is 32.5 Å². The van der Waals surface area contributed by atoms with Crippen LogP contribution in [0.25, 0.3) is 0 Å². The van der Waals surface area contributed by atoms with Gasteiger partial charge in [0.05, 0.1) is 0 Å². The SMILES string of the molecule is O=C1CCN(C(=O)CC2CC3CCC2C3)CCN1. The highest BCUT2D eigenvalue weighted by molar-refractivity contribution is 5.80. The fourth-order valence-electron chi connectivity index (χ4n) is 4.00. The van der Waals surface area contributed by atoms with E-state index >= 15 is 0 Å². The van der Waals surface area contributed by atoms with Crippen molar-refractivity contribution in [1.29, 1.82) is 0 Å². The molecule has 4 nitrogen and oxygen atoms in total. The van der Waals surface area contributed by atoms with Crippen LogP contribution in [0.1, 0.15) is 38.5 Å². The fraction of sp³-hybridized carbons (Fsp3) is 0.857. The highest BCUT2D eigenvalue weighted by Crippen LogP contribution is 2.49. The van der Waals surface area contributed by atoms with Gasteiger partial charge in [-0.05, 0) is 37.0 Å². The van der Waals surface area contributed by atoms with E-state index in [9.17, 15) is 9.59 Å². The van der Waals surface area contributed by atoms with Crippen LogP contribution in [0.5, 0.6) is 0 Å². The molecule has 1 saturated heterocycles. The van der Waals surface area contributed by atoms with Crippen LogP contribution in [0.4, 0.5) is 0 Å². The molecular formula is C14H22N2O2. The van der Waals surface area contributed by atoms with Crippen molar-refractivity contribution < 1.29 is 9.59 Å². The first-order valence-electron chi connectivity index (χ1n) is 7.27. The van der Waals surface area contributed by atoms with Crippen molar-refractivity contribution >= 4 is 11.8 Å². The molecule has 3 aliphatic rings. The van der Waals surface area contributed by atoms with Crippen molar-refractivity contribution in [1.82, 2.24) is 10.2 Å². The molecule has 3 atom stereocenters. The molecule has 3 unspecified atom stereocenters. The van der Waals surface area contributed by atoms with Gasteiger partial charge in [-0.2, -0.15) is 0 Å². The number of amides is 2. The maximum absolute atomic E-state index is 12.3. The summed E-state index contributed by atoms with van der Waals surface area (Å²) in [4.78, 5) is 25.4. The molecular weight excluding hydrogens is 228 g/mol. The Morgan fingerprint density at radius 1 is 1.28 bits per heavy atom. The lowest BCUT2D eigenvalue weighted by Crippen LogP contribution is -2.35. The van der Waals surface area contributed by atoms with Crippen LogP contribution in [-0.4, -0.2) is 36.3 Å². The van der Waals surface area contributed by atoms with Crippen LogP contribution in [0.15, 0.2) is 0 Å².